The molecule has 12 heavy (non-hydrogen) atoms. The highest BCUT2D eigenvalue weighted by atomic mass is 16.3. The van der Waals surface area contributed by atoms with Crippen LogP contribution in [0, 0.1) is 0 Å². The Hall–Kier alpha value is -1.36. The maximum atomic E-state index is 11.0. The van der Waals surface area contributed by atoms with Crippen LogP contribution in [0.3, 0.4) is 0 Å². The summed E-state index contributed by atoms with van der Waals surface area (Å²) in [5.41, 5.74) is 5.57. The normalized spacial score (nSPS) is 9.83. The SMILES string of the molecule is CNC(=O)c1coc(CCN)n1. The van der Waals surface area contributed by atoms with E-state index < -0.39 is 0 Å². The van der Waals surface area contributed by atoms with Crippen LogP contribution >= 0.6 is 0 Å². The highest BCUT2D eigenvalue weighted by molar-refractivity contribution is 5.91. The minimum atomic E-state index is -0.248. The number of rotatable bonds is 3. The summed E-state index contributed by atoms with van der Waals surface area (Å²) in [6.07, 6.45) is 1.88. The second kappa shape index (κ2) is 3.87. The fourth-order valence-corrected chi connectivity index (χ4v) is 0.782. The molecule has 0 atom stereocenters. The quantitative estimate of drug-likeness (QED) is 0.641. The predicted octanol–water partition coefficient (Wildman–Crippen LogP) is -0.465. The molecule has 0 fully saturated rings. The molecule has 0 aromatic carbocycles. The summed E-state index contributed by atoms with van der Waals surface area (Å²) in [6, 6.07) is 0. The lowest BCUT2D eigenvalue weighted by molar-refractivity contribution is 0.0958. The molecule has 5 heteroatoms. The molecular weight excluding hydrogens is 158 g/mol. The molecule has 0 aliphatic heterocycles. The number of amides is 1. The fraction of sp³-hybridized carbons (Fsp3) is 0.429. The summed E-state index contributed by atoms with van der Waals surface area (Å²) in [5.74, 6) is 0.248. The molecule has 0 unspecified atom stereocenters. The number of nitrogens with two attached hydrogens (primary N) is 1. The maximum absolute atomic E-state index is 11.0. The lowest BCUT2D eigenvalue weighted by Crippen LogP contribution is -2.18. The highest BCUT2D eigenvalue weighted by Crippen LogP contribution is 2.01. The summed E-state index contributed by atoms with van der Waals surface area (Å²) >= 11 is 0. The molecule has 0 radical (unpaired) electrons. The topological polar surface area (TPSA) is 81.2 Å². The van der Waals surface area contributed by atoms with E-state index in [1.807, 2.05) is 0 Å². The van der Waals surface area contributed by atoms with Gasteiger partial charge < -0.3 is 15.5 Å². The Morgan fingerprint density at radius 1 is 1.83 bits per heavy atom. The largest absolute Gasteiger partial charge is 0.448 e. The van der Waals surface area contributed by atoms with Crippen LogP contribution in [-0.2, 0) is 6.42 Å². The molecule has 1 amide bonds. The van der Waals surface area contributed by atoms with Crippen LogP contribution in [0.15, 0.2) is 10.7 Å². The van der Waals surface area contributed by atoms with Gasteiger partial charge in [0.2, 0.25) is 0 Å². The van der Waals surface area contributed by atoms with Gasteiger partial charge in [0, 0.05) is 20.0 Å². The maximum Gasteiger partial charge on any atom is 0.272 e. The van der Waals surface area contributed by atoms with Gasteiger partial charge in [-0.25, -0.2) is 4.98 Å². The van der Waals surface area contributed by atoms with Gasteiger partial charge in [-0.05, 0) is 0 Å². The van der Waals surface area contributed by atoms with Crippen molar-refractivity contribution >= 4 is 5.91 Å². The molecular formula is C7H11N3O2. The first-order valence-corrected chi connectivity index (χ1v) is 3.64. The standard InChI is InChI=1S/C7H11N3O2/c1-9-7(11)5-4-12-6(10-5)2-3-8/h4H,2-3,8H2,1H3,(H,9,11). The monoisotopic (exact) mass is 169 g/mol. The molecule has 1 heterocycles. The minimum Gasteiger partial charge on any atom is -0.448 e. The van der Waals surface area contributed by atoms with E-state index in [0.29, 0.717) is 24.6 Å². The minimum absolute atomic E-state index is 0.248. The van der Waals surface area contributed by atoms with E-state index in [1.54, 1.807) is 7.05 Å². The number of aromatic nitrogens is 1. The van der Waals surface area contributed by atoms with Crippen molar-refractivity contribution in [1.82, 2.24) is 10.3 Å². The predicted molar refractivity (Wildman–Crippen MR) is 42.7 cm³/mol. The van der Waals surface area contributed by atoms with E-state index in [0.717, 1.165) is 0 Å². The Bertz CT molecular complexity index is 269. The Morgan fingerprint density at radius 2 is 2.58 bits per heavy atom. The molecule has 1 rings (SSSR count). The van der Waals surface area contributed by atoms with E-state index in [1.165, 1.54) is 6.26 Å². The summed E-state index contributed by atoms with van der Waals surface area (Å²) in [5, 5.41) is 2.44. The van der Waals surface area contributed by atoms with E-state index in [4.69, 9.17) is 10.2 Å². The van der Waals surface area contributed by atoms with Gasteiger partial charge in [-0.15, -0.1) is 0 Å². The highest BCUT2D eigenvalue weighted by Gasteiger charge is 2.08. The molecule has 1 aromatic heterocycles. The van der Waals surface area contributed by atoms with E-state index in [2.05, 4.69) is 10.3 Å². The average Bonchev–Trinajstić information content (AvgIpc) is 2.52. The first kappa shape index (κ1) is 8.73. The van der Waals surface area contributed by atoms with Gasteiger partial charge in [0.1, 0.15) is 6.26 Å². The van der Waals surface area contributed by atoms with Crippen molar-refractivity contribution in [3.8, 4) is 0 Å². The van der Waals surface area contributed by atoms with Crippen LogP contribution in [0.2, 0.25) is 0 Å². The summed E-state index contributed by atoms with van der Waals surface area (Å²) < 4.78 is 4.98. The van der Waals surface area contributed by atoms with Gasteiger partial charge in [0.25, 0.3) is 5.91 Å². The van der Waals surface area contributed by atoms with Crippen LogP contribution in [0.4, 0.5) is 0 Å². The van der Waals surface area contributed by atoms with Crippen molar-refractivity contribution in [2.75, 3.05) is 13.6 Å². The lowest BCUT2D eigenvalue weighted by Gasteiger charge is -1.90. The van der Waals surface area contributed by atoms with Crippen LogP contribution < -0.4 is 11.1 Å². The van der Waals surface area contributed by atoms with Crippen LogP contribution in [0.1, 0.15) is 16.4 Å². The van der Waals surface area contributed by atoms with Gasteiger partial charge in [-0.3, -0.25) is 4.79 Å². The summed E-state index contributed by atoms with van der Waals surface area (Å²) in [7, 11) is 1.54. The second-order valence-electron chi connectivity index (χ2n) is 2.24. The molecule has 5 nitrogen and oxygen atoms in total. The third kappa shape index (κ3) is 1.82. The molecule has 0 saturated carbocycles. The number of hydrogen-bond donors (Lipinski definition) is 2. The number of hydrogen-bond acceptors (Lipinski definition) is 4. The first-order valence-electron chi connectivity index (χ1n) is 3.64. The lowest BCUT2D eigenvalue weighted by atomic mass is 10.4. The zero-order valence-electron chi connectivity index (χ0n) is 6.83. The van der Waals surface area contributed by atoms with Gasteiger partial charge in [-0.1, -0.05) is 0 Å². The molecule has 0 bridgehead atoms. The van der Waals surface area contributed by atoms with Gasteiger partial charge in [0.05, 0.1) is 0 Å². The molecule has 3 N–H and O–H groups in total. The van der Waals surface area contributed by atoms with E-state index in [9.17, 15) is 4.79 Å². The fourth-order valence-electron chi connectivity index (χ4n) is 0.782. The van der Waals surface area contributed by atoms with Crippen molar-refractivity contribution < 1.29 is 9.21 Å². The van der Waals surface area contributed by atoms with Gasteiger partial charge >= 0.3 is 0 Å². The Kier molecular flexibility index (Phi) is 2.82. The Labute approximate surface area is 70.0 Å². The summed E-state index contributed by atoms with van der Waals surface area (Å²) in [6.45, 7) is 0.466. The smallest absolute Gasteiger partial charge is 0.272 e. The number of nitrogens with one attached hydrogen (secondary N) is 1. The Balaban J connectivity index is 2.70. The molecule has 0 aliphatic rings. The van der Waals surface area contributed by atoms with Crippen LogP contribution in [0.25, 0.3) is 0 Å². The third-order valence-electron chi connectivity index (χ3n) is 1.37. The van der Waals surface area contributed by atoms with Crippen molar-refractivity contribution in [1.29, 1.82) is 0 Å². The van der Waals surface area contributed by atoms with Crippen LogP contribution in [-0.4, -0.2) is 24.5 Å². The summed E-state index contributed by atoms with van der Waals surface area (Å²) in [4.78, 5) is 14.9. The number of oxazole rings is 1. The zero-order valence-corrected chi connectivity index (χ0v) is 6.83. The second-order valence-corrected chi connectivity index (χ2v) is 2.24. The number of carbonyl (C=O) groups excluding carboxylic acids is 1. The zero-order chi connectivity index (χ0) is 8.97. The van der Waals surface area contributed by atoms with Gasteiger partial charge in [-0.2, -0.15) is 0 Å². The molecule has 0 aliphatic carbocycles. The Morgan fingerprint density at radius 3 is 3.17 bits per heavy atom. The molecule has 1 aromatic rings. The third-order valence-corrected chi connectivity index (χ3v) is 1.37. The number of carbonyl (C=O) groups is 1. The molecule has 0 saturated heterocycles. The van der Waals surface area contributed by atoms with E-state index >= 15 is 0 Å². The molecule has 0 spiro atoms. The van der Waals surface area contributed by atoms with E-state index in [-0.39, 0.29) is 5.91 Å². The first-order chi connectivity index (χ1) is 5.77. The average molecular weight is 169 g/mol. The van der Waals surface area contributed by atoms with Crippen molar-refractivity contribution in [2.24, 2.45) is 5.73 Å². The molecule has 66 valence electrons. The van der Waals surface area contributed by atoms with Gasteiger partial charge in [0.15, 0.2) is 11.6 Å². The van der Waals surface area contributed by atoms with Crippen molar-refractivity contribution in [2.45, 2.75) is 6.42 Å². The van der Waals surface area contributed by atoms with Crippen LogP contribution in [0.5, 0.6) is 0 Å². The number of nitrogens with zero attached hydrogens (tertiary/aromatic N) is 1. The van der Waals surface area contributed by atoms with Crippen molar-refractivity contribution in [3.05, 3.63) is 17.8 Å². The van der Waals surface area contributed by atoms with Crippen molar-refractivity contribution in [3.63, 3.8) is 0 Å².